The number of esters is 1. The number of anilines is 4. The predicted molar refractivity (Wildman–Crippen MR) is 151 cm³/mol. The van der Waals surface area contributed by atoms with E-state index in [2.05, 4.69) is 34.3 Å². The van der Waals surface area contributed by atoms with Gasteiger partial charge in [0, 0.05) is 30.0 Å². The highest BCUT2D eigenvalue weighted by atomic mass is 16.5. The number of benzene rings is 2. The van der Waals surface area contributed by atoms with Crippen molar-refractivity contribution in [2.75, 3.05) is 67.1 Å². The van der Waals surface area contributed by atoms with Crippen molar-refractivity contribution in [1.29, 1.82) is 0 Å². The predicted octanol–water partition coefficient (Wildman–Crippen LogP) is 3.42. The molecule has 1 aromatic heterocycles. The van der Waals surface area contributed by atoms with Gasteiger partial charge in [-0.25, -0.2) is 9.59 Å². The quantitative estimate of drug-likeness (QED) is 0.443. The highest BCUT2D eigenvalue weighted by Crippen LogP contribution is 2.26. The summed E-state index contributed by atoms with van der Waals surface area (Å²) in [6, 6.07) is 13.6. The standard InChI is InChI=1S/C28H33N7O5/c1-18-16-39-14-12-34(18)26-31-24(32-27(33-26)35-13-15-40-17-19(35)2)20-4-8-22(9-5-20)29-28(37)30-23-10-6-21(7-11-23)25(36)38-3/h4-11,18-19H,12-17H2,1-3H3,(H2,29,30,37)/t18-,19+. The molecule has 0 spiro atoms. The van der Waals surface area contributed by atoms with Crippen LogP contribution in [0.15, 0.2) is 48.5 Å². The minimum absolute atomic E-state index is 0.140. The zero-order valence-electron chi connectivity index (χ0n) is 22.8. The van der Waals surface area contributed by atoms with E-state index in [9.17, 15) is 9.59 Å². The minimum Gasteiger partial charge on any atom is -0.465 e. The maximum Gasteiger partial charge on any atom is 0.337 e. The molecule has 210 valence electrons. The molecule has 0 bridgehead atoms. The third kappa shape index (κ3) is 6.29. The minimum atomic E-state index is -0.438. The summed E-state index contributed by atoms with van der Waals surface area (Å²) < 4.78 is 15.9. The Balaban J connectivity index is 1.33. The highest BCUT2D eigenvalue weighted by Gasteiger charge is 2.27. The number of nitrogens with zero attached hydrogens (tertiary/aromatic N) is 5. The van der Waals surface area contributed by atoms with Crippen LogP contribution in [-0.2, 0) is 14.2 Å². The van der Waals surface area contributed by atoms with Gasteiger partial charge in [0.15, 0.2) is 5.82 Å². The number of morpholine rings is 2. The highest BCUT2D eigenvalue weighted by molar-refractivity contribution is 6.00. The second-order valence-electron chi connectivity index (χ2n) is 9.72. The average molecular weight is 548 g/mol. The first-order valence-corrected chi connectivity index (χ1v) is 13.2. The fraction of sp³-hybridized carbons (Fsp3) is 0.393. The maximum atomic E-state index is 12.5. The molecule has 2 aliphatic rings. The van der Waals surface area contributed by atoms with E-state index in [-0.39, 0.29) is 12.1 Å². The summed E-state index contributed by atoms with van der Waals surface area (Å²) in [6.07, 6.45) is 0. The summed E-state index contributed by atoms with van der Waals surface area (Å²) in [5, 5.41) is 5.57. The Labute approximate surface area is 232 Å². The van der Waals surface area contributed by atoms with Gasteiger partial charge in [0.25, 0.3) is 0 Å². The van der Waals surface area contributed by atoms with Gasteiger partial charge in [0.2, 0.25) is 11.9 Å². The van der Waals surface area contributed by atoms with Gasteiger partial charge in [-0.1, -0.05) is 0 Å². The third-order valence-corrected chi connectivity index (χ3v) is 6.83. The SMILES string of the molecule is COC(=O)c1ccc(NC(=O)Nc2ccc(-c3nc(N4CCOC[C@H]4C)nc(N4CCOC[C@@H]4C)n3)cc2)cc1. The lowest BCUT2D eigenvalue weighted by molar-refractivity contribution is 0.0600. The molecular weight excluding hydrogens is 514 g/mol. The monoisotopic (exact) mass is 547 g/mol. The van der Waals surface area contributed by atoms with Crippen molar-refractivity contribution < 1.29 is 23.8 Å². The summed E-state index contributed by atoms with van der Waals surface area (Å²) in [6.45, 7) is 8.05. The van der Waals surface area contributed by atoms with Crippen LogP contribution < -0.4 is 20.4 Å². The first kappa shape index (κ1) is 27.3. The van der Waals surface area contributed by atoms with Crippen LogP contribution in [0.4, 0.5) is 28.1 Å². The Bertz CT molecular complexity index is 1300. The van der Waals surface area contributed by atoms with Gasteiger partial charge in [0.05, 0.1) is 51.2 Å². The first-order valence-electron chi connectivity index (χ1n) is 13.2. The average Bonchev–Trinajstić information content (AvgIpc) is 2.97. The Hall–Kier alpha value is -4.29. The van der Waals surface area contributed by atoms with Gasteiger partial charge in [-0.3, -0.25) is 0 Å². The molecule has 0 unspecified atom stereocenters. The van der Waals surface area contributed by atoms with Crippen molar-refractivity contribution in [2.24, 2.45) is 0 Å². The van der Waals surface area contributed by atoms with E-state index >= 15 is 0 Å². The van der Waals surface area contributed by atoms with Crippen LogP contribution in [0.1, 0.15) is 24.2 Å². The number of nitrogens with one attached hydrogen (secondary N) is 2. The zero-order chi connectivity index (χ0) is 28.1. The van der Waals surface area contributed by atoms with E-state index in [0.29, 0.717) is 74.2 Å². The van der Waals surface area contributed by atoms with Crippen molar-refractivity contribution in [3.63, 3.8) is 0 Å². The van der Waals surface area contributed by atoms with Crippen LogP contribution in [0.2, 0.25) is 0 Å². The molecule has 2 N–H and O–H groups in total. The Kier molecular flexibility index (Phi) is 8.37. The summed E-state index contributed by atoms with van der Waals surface area (Å²) >= 11 is 0. The lowest BCUT2D eigenvalue weighted by atomic mass is 10.2. The van der Waals surface area contributed by atoms with Crippen molar-refractivity contribution >= 4 is 35.3 Å². The molecule has 2 saturated heterocycles. The van der Waals surface area contributed by atoms with E-state index in [1.807, 2.05) is 12.1 Å². The maximum absolute atomic E-state index is 12.5. The molecule has 0 radical (unpaired) electrons. The lowest BCUT2D eigenvalue weighted by Crippen LogP contribution is -2.46. The molecule has 5 rings (SSSR count). The largest absolute Gasteiger partial charge is 0.465 e. The van der Waals surface area contributed by atoms with Crippen molar-refractivity contribution in [1.82, 2.24) is 15.0 Å². The Morgan fingerprint density at radius 3 is 1.77 bits per heavy atom. The number of carbonyl (C=O) groups excluding carboxylic acids is 2. The van der Waals surface area contributed by atoms with Gasteiger partial charge in [-0.2, -0.15) is 15.0 Å². The number of methoxy groups -OCH3 is 1. The fourth-order valence-electron chi connectivity index (χ4n) is 4.59. The molecule has 12 nitrogen and oxygen atoms in total. The zero-order valence-corrected chi connectivity index (χ0v) is 22.8. The number of carbonyl (C=O) groups is 2. The van der Waals surface area contributed by atoms with Gasteiger partial charge < -0.3 is 34.6 Å². The molecule has 2 aliphatic heterocycles. The summed E-state index contributed by atoms with van der Waals surface area (Å²) in [5.74, 6) is 1.36. The molecule has 0 aliphatic carbocycles. The smallest absolute Gasteiger partial charge is 0.337 e. The second kappa shape index (κ2) is 12.3. The van der Waals surface area contributed by atoms with E-state index in [1.165, 1.54) is 7.11 Å². The molecule has 3 heterocycles. The number of aromatic nitrogens is 3. The van der Waals surface area contributed by atoms with E-state index in [0.717, 1.165) is 5.56 Å². The van der Waals surface area contributed by atoms with Crippen molar-refractivity contribution in [3.8, 4) is 11.4 Å². The topological polar surface area (TPSA) is 131 Å². The number of amides is 2. The molecule has 2 fully saturated rings. The Morgan fingerprint density at radius 2 is 1.30 bits per heavy atom. The number of urea groups is 1. The van der Waals surface area contributed by atoms with E-state index in [4.69, 9.17) is 29.2 Å². The molecule has 2 aromatic carbocycles. The number of ether oxygens (including phenoxy) is 3. The van der Waals surface area contributed by atoms with Gasteiger partial charge in [0.1, 0.15) is 0 Å². The van der Waals surface area contributed by atoms with E-state index < -0.39 is 12.0 Å². The molecule has 40 heavy (non-hydrogen) atoms. The summed E-state index contributed by atoms with van der Waals surface area (Å²) in [7, 11) is 1.32. The number of hydrogen-bond acceptors (Lipinski definition) is 10. The number of hydrogen-bond donors (Lipinski definition) is 2. The van der Waals surface area contributed by atoms with Gasteiger partial charge >= 0.3 is 12.0 Å². The van der Waals surface area contributed by atoms with Gasteiger partial charge in [-0.15, -0.1) is 0 Å². The van der Waals surface area contributed by atoms with Crippen LogP contribution in [0.5, 0.6) is 0 Å². The molecular formula is C28H33N7O5. The van der Waals surface area contributed by atoms with Crippen LogP contribution >= 0.6 is 0 Å². The lowest BCUT2D eigenvalue weighted by Gasteiger charge is -2.36. The molecule has 2 amide bonds. The molecule has 3 aromatic rings. The summed E-state index contributed by atoms with van der Waals surface area (Å²) in [5.41, 5.74) is 2.35. The van der Waals surface area contributed by atoms with Crippen LogP contribution in [-0.4, -0.2) is 85.7 Å². The molecule has 12 heteroatoms. The molecule has 0 saturated carbocycles. The Morgan fingerprint density at radius 1 is 0.800 bits per heavy atom. The second-order valence-corrected chi connectivity index (χ2v) is 9.72. The normalized spacial score (nSPS) is 19.2. The first-order chi connectivity index (χ1) is 19.4. The van der Waals surface area contributed by atoms with Crippen LogP contribution in [0.25, 0.3) is 11.4 Å². The van der Waals surface area contributed by atoms with Crippen molar-refractivity contribution in [3.05, 3.63) is 54.1 Å². The van der Waals surface area contributed by atoms with Crippen LogP contribution in [0.3, 0.4) is 0 Å². The van der Waals surface area contributed by atoms with Gasteiger partial charge in [-0.05, 0) is 62.4 Å². The number of rotatable bonds is 6. The van der Waals surface area contributed by atoms with E-state index in [1.54, 1.807) is 36.4 Å². The third-order valence-electron chi connectivity index (χ3n) is 6.83. The van der Waals surface area contributed by atoms with Crippen molar-refractivity contribution in [2.45, 2.75) is 25.9 Å². The molecule has 2 atom stereocenters. The van der Waals surface area contributed by atoms with Crippen LogP contribution in [0, 0.1) is 0 Å². The summed E-state index contributed by atoms with van der Waals surface area (Å²) in [4.78, 5) is 42.9. The fourth-order valence-corrected chi connectivity index (χ4v) is 4.59.